The van der Waals surface area contributed by atoms with Crippen molar-refractivity contribution in [2.24, 2.45) is 5.10 Å². The number of para-hydroxylation sites is 1. The molecule has 2 aromatic heterocycles. The summed E-state index contributed by atoms with van der Waals surface area (Å²) in [5, 5.41) is 12.0. The normalized spacial score (nSPS) is 13.2. The molecule has 36 heavy (non-hydrogen) atoms. The van der Waals surface area contributed by atoms with Gasteiger partial charge in [-0.2, -0.15) is 28.5 Å². The lowest BCUT2D eigenvalue weighted by atomic mass is 10.1. The summed E-state index contributed by atoms with van der Waals surface area (Å²) in [5.74, 6) is 0.600. The molecular weight excluding hydrogens is 477 g/mol. The number of ether oxygens (including phenoxy) is 2. The van der Waals surface area contributed by atoms with Crippen molar-refractivity contribution in [1.29, 1.82) is 0 Å². The van der Waals surface area contributed by atoms with Gasteiger partial charge in [0, 0.05) is 23.5 Å². The van der Waals surface area contributed by atoms with Gasteiger partial charge in [-0.05, 0) is 36.4 Å². The van der Waals surface area contributed by atoms with Crippen molar-refractivity contribution in [3.8, 4) is 28.4 Å². The minimum atomic E-state index is -4.58. The number of hydrogen-bond donors (Lipinski definition) is 1. The fourth-order valence-electron chi connectivity index (χ4n) is 3.57. The number of halogens is 3. The van der Waals surface area contributed by atoms with E-state index < -0.39 is 24.3 Å². The number of hydrogen-bond acceptors (Lipinski definition) is 6. The molecule has 5 rings (SSSR count). The monoisotopic (exact) mass is 496 g/mol. The summed E-state index contributed by atoms with van der Waals surface area (Å²) in [4.78, 5) is 12.2. The molecule has 0 bridgehead atoms. The Labute approximate surface area is 202 Å². The van der Waals surface area contributed by atoms with Crippen LogP contribution in [0.1, 0.15) is 11.3 Å². The van der Waals surface area contributed by atoms with Crippen LogP contribution < -0.4 is 14.9 Å². The third kappa shape index (κ3) is 5.06. The first-order valence-corrected chi connectivity index (χ1v) is 10.8. The summed E-state index contributed by atoms with van der Waals surface area (Å²) in [5.41, 5.74) is 3.98. The Morgan fingerprint density at radius 2 is 1.83 bits per heavy atom. The smallest absolute Gasteiger partial charge is 0.435 e. The average molecular weight is 496 g/mol. The molecule has 184 valence electrons. The first-order valence-electron chi connectivity index (χ1n) is 10.8. The molecule has 0 fully saturated rings. The van der Waals surface area contributed by atoms with E-state index in [1.54, 1.807) is 16.9 Å². The van der Waals surface area contributed by atoms with Crippen molar-refractivity contribution in [3.05, 3.63) is 78.2 Å². The number of carbonyl (C=O) groups is 1. The maximum absolute atomic E-state index is 12.7. The van der Waals surface area contributed by atoms with Gasteiger partial charge in [0.05, 0.1) is 11.9 Å². The predicted molar refractivity (Wildman–Crippen MR) is 123 cm³/mol. The zero-order valence-corrected chi connectivity index (χ0v) is 18.6. The van der Waals surface area contributed by atoms with Crippen molar-refractivity contribution in [2.75, 3.05) is 13.2 Å². The van der Waals surface area contributed by atoms with Crippen LogP contribution in [-0.4, -0.2) is 44.9 Å². The number of hydrazone groups is 1. The molecule has 12 heteroatoms. The van der Waals surface area contributed by atoms with Crippen LogP contribution in [0.25, 0.3) is 16.9 Å². The van der Waals surface area contributed by atoms with Gasteiger partial charge in [0.25, 0.3) is 5.91 Å². The number of amides is 1. The number of rotatable bonds is 6. The van der Waals surface area contributed by atoms with E-state index in [2.05, 4.69) is 20.7 Å². The second-order valence-electron chi connectivity index (χ2n) is 7.76. The van der Waals surface area contributed by atoms with E-state index in [4.69, 9.17) is 9.47 Å². The van der Waals surface area contributed by atoms with Gasteiger partial charge in [0.15, 0.2) is 17.2 Å². The third-order valence-corrected chi connectivity index (χ3v) is 5.21. The molecule has 0 aliphatic carbocycles. The van der Waals surface area contributed by atoms with E-state index in [0.29, 0.717) is 36.0 Å². The van der Waals surface area contributed by atoms with E-state index in [9.17, 15) is 18.0 Å². The summed E-state index contributed by atoms with van der Waals surface area (Å²) in [6.45, 7) is 0.490. The molecule has 0 saturated heterocycles. The van der Waals surface area contributed by atoms with Gasteiger partial charge in [-0.25, -0.2) is 10.1 Å². The number of nitrogens with zero attached hydrogens (tertiary/aromatic N) is 5. The summed E-state index contributed by atoms with van der Waals surface area (Å²) in [6, 6.07) is 15.7. The molecule has 1 aliphatic rings. The first kappa shape index (κ1) is 23.1. The Morgan fingerprint density at radius 3 is 2.58 bits per heavy atom. The lowest BCUT2D eigenvalue weighted by molar-refractivity contribution is -0.141. The van der Waals surface area contributed by atoms with Crippen LogP contribution in [0, 0.1) is 0 Å². The molecule has 0 radical (unpaired) electrons. The van der Waals surface area contributed by atoms with E-state index in [-0.39, 0.29) is 0 Å². The van der Waals surface area contributed by atoms with Crippen LogP contribution in [0.15, 0.2) is 72.1 Å². The van der Waals surface area contributed by atoms with Crippen LogP contribution >= 0.6 is 0 Å². The van der Waals surface area contributed by atoms with Gasteiger partial charge in [0.2, 0.25) is 0 Å². The number of nitrogens with one attached hydrogen (secondary N) is 1. The molecule has 0 saturated carbocycles. The highest BCUT2D eigenvalue weighted by Gasteiger charge is 2.33. The quantitative estimate of drug-likeness (QED) is 0.325. The fourth-order valence-corrected chi connectivity index (χ4v) is 3.57. The lowest BCUT2D eigenvalue weighted by Crippen LogP contribution is -2.23. The lowest BCUT2D eigenvalue weighted by Gasteiger charge is -2.18. The molecule has 0 atom stereocenters. The standard InChI is InChI=1S/C24H19F3N6O3/c25-24(26,27)21-8-9-32(30-21)15-22(34)29-28-13-17-14-33(18-4-2-1-3-5-18)31-23(17)16-6-7-19-20(12-16)36-11-10-35-19/h1-9,12-14H,10-11,15H2,(H,29,34). The summed E-state index contributed by atoms with van der Waals surface area (Å²) >= 11 is 0. The molecular formula is C24H19F3N6O3. The van der Waals surface area contributed by atoms with E-state index in [0.717, 1.165) is 28.2 Å². The van der Waals surface area contributed by atoms with Crippen LogP contribution in [-0.2, 0) is 17.5 Å². The van der Waals surface area contributed by atoms with Crippen molar-refractivity contribution < 1.29 is 27.4 Å². The number of aromatic nitrogens is 4. The summed E-state index contributed by atoms with van der Waals surface area (Å²) in [6.07, 6.45) is -0.333. The van der Waals surface area contributed by atoms with Crippen molar-refractivity contribution >= 4 is 12.1 Å². The molecule has 1 aliphatic heterocycles. The summed E-state index contributed by atoms with van der Waals surface area (Å²) < 4.78 is 51.9. The van der Waals surface area contributed by atoms with Gasteiger partial charge in [0.1, 0.15) is 25.5 Å². The predicted octanol–water partition coefficient (Wildman–Crippen LogP) is 3.68. The highest BCUT2D eigenvalue weighted by molar-refractivity contribution is 5.90. The molecule has 1 amide bonds. The Hall–Kier alpha value is -4.61. The summed E-state index contributed by atoms with van der Waals surface area (Å²) in [7, 11) is 0. The molecule has 0 spiro atoms. The van der Waals surface area contributed by atoms with E-state index in [1.807, 2.05) is 42.5 Å². The second kappa shape index (κ2) is 9.56. The van der Waals surface area contributed by atoms with Crippen molar-refractivity contribution in [2.45, 2.75) is 12.7 Å². The Kier molecular flexibility index (Phi) is 6.15. The highest BCUT2D eigenvalue weighted by Crippen LogP contribution is 2.35. The highest BCUT2D eigenvalue weighted by atomic mass is 19.4. The number of carbonyl (C=O) groups excluding carboxylic acids is 1. The number of alkyl halides is 3. The number of benzene rings is 2. The van der Waals surface area contributed by atoms with Crippen LogP contribution in [0.2, 0.25) is 0 Å². The van der Waals surface area contributed by atoms with Crippen molar-refractivity contribution in [1.82, 2.24) is 25.0 Å². The van der Waals surface area contributed by atoms with Gasteiger partial charge in [-0.1, -0.05) is 18.2 Å². The SMILES string of the molecule is O=C(Cn1ccc(C(F)(F)F)n1)NN=Cc1cn(-c2ccccc2)nc1-c1ccc2c(c1)OCCO2. The Morgan fingerprint density at radius 1 is 1.06 bits per heavy atom. The van der Waals surface area contributed by atoms with Crippen molar-refractivity contribution in [3.63, 3.8) is 0 Å². The average Bonchev–Trinajstić information content (AvgIpc) is 3.52. The second-order valence-corrected chi connectivity index (χ2v) is 7.76. The maximum Gasteiger partial charge on any atom is 0.435 e. The Balaban J connectivity index is 1.37. The zero-order chi connectivity index (χ0) is 25.1. The third-order valence-electron chi connectivity index (χ3n) is 5.21. The zero-order valence-electron chi connectivity index (χ0n) is 18.6. The van der Waals surface area contributed by atoms with E-state index >= 15 is 0 Å². The molecule has 0 unspecified atom stereocenters. The van der Waals surface area contributed by atoms with Gasteiger partial charge in [-0.3, -0.25) is 9.48 Å². The topological polar surface area (TPSA) is 95.6 Å². The van der Waals surface area contributed by atoms with Gasteiger partial charge in [-0.15, -0.1) is 0 Å². The van der Waals surface area contributed by atoms with E-state index in [1.165, 1.54) is 6.21 Å². The van der Waals surface area contributed by atoms with Gasteiger partial charge < -0.3 is 9.47 Å². The van der Waals surface area contributed by atoms with Crippen LogP contribution in [0.5, 0.6) is 11.5 Å². The largest absolute Gasteiger partial charge is 0.486 e. The maximum atomic E-state index is 12.7. The van der Waals surface area contributed by atoms with Gasteiger partial charge >= 0.3 is 6.18 Å². The molecule has 1 N–H and O–H groups in total. The first-order chi connectivity index (χ1) is 17.4. The molecule has 2 aromatic carbocycles. The minimum absolute atomic E-state index is 0.425. The van der Waals surface area contributed by atoms with Crippen LogP contribution in [0.4, 0.5) is 13.2 Å². The Bertz CT molecular complexity index is 1410. The minimum Gasteiger partial charge on any atom is -0.486 e. The molecule has 9 nitrogen and oxygen atoms in total. The molecule has 3 heterocycles. The molecule has 4 aromatic rings. The fraction of sp³-hybridized carbons (Fsp3) is 0.167. The van der Waals surface area contributed by atoms with Crippen LogP contribution in [0.3, 0.4) is 0 Å². The number of fused-ring (bicyclic) bond motifs is 1.